The van der Waals surface area contributed by atoms with Crippen LogP contribution in [-0.4, -0.2) is 51.6 Å². The number of amides is 1. The quantitative estimate of drug-likeness (QED) is 0.336. The molecule has 6 nitrogen and oxygen atoms in total. The molecule has 0 aliphatic carbocycles. The summed E-state index contributed by atoms with van der Waals surface area (Å²) in [7, 11) is 1.75. The summed E-state index contributed by atoms with van der Waals surface area (Å²) >= 11 is 0. The van der Waals surface area contributed by atoms with E-state index in [2.05, 4.69) is 57.0 Å². The standard InChI is InChI=1S/C22H31N5O/c1-3-27(20-13-8-5-9-14-20)18-10-15-25-22(23-2)26-17-16-24-21(28)19-11-6-4-7-12-19/h4-9,11-14H,3,10,15-18H2,1-2H3,(H,24,28)(H2,23,25,26). The topological polar surface area (TPSA) is 68.8 Å². The number of rotatable bonds is 10. The summed E-state index contributed by atoms with van der Waals surface area (Å²) in [6, 6.07) is 19.7. The molecule has 0 unspecified atom stereocenters. The molecule has 0 bridgehead atoms. The van der Waals surface area contributed by atoms with Crippen LogP contribution in [0.2, 0.25) is 0 Å². The van der Waals surface area contributed by atoms with Crippen LogP contribution < -0.4 is 20.9 Å². The predicted molar refractivity (Wildman–Crippen MR) is 117 cm³/mol. The van der Waals surface area contributed by atoms with E-state index >= 15 is 0 Å². The summed E-state index contributed by atoms with van der Waals surface area (Å²) in [6.07, 6.45) is 1.01. The van der Waals surface area contributed by atoms with Crippen molar-refractivity contribution in [3.8, 4) is 0 Å². The zero-order valence-corrected chi connectivity index (χ0v) is 16.8. The molecule has 0 spiro atoms. The number of anilines is 1. The van der Waals surface area contributed by atoms with Gasteiger partial charge < -0.3 is 20.9 Å². The molecular weight excluding hydrogens is 350 g/mol. The number of para-hydroxylation sites is 1. The third-order valence-corrected chi connectivity index (χ3v) is 4.36. The number of nitrogens with zero attached hydrogens (tertiary/aromatic N) is 2. The first kappa shape index (κ1) is 21.3. The van der Waals surface area contributed by atoms with Crippen molar-refractivity contribution in [2.75, 3.05) is 44.7 Å². The molecule has 0 radical (unpaired) electrons. The second-order valence-electron chi connectivity index (χ2n) is 6.32. The van der Waals surface area contributed by atoms with Gasteiger partial charge in [0.1, 0.15) is 0 Å². The molecule has 0 aliphatic heterocycles. The van der Waals surface area contributed by atoms with Gasteiger partial charge >= 0.3 is 0 Å². The molecule has 0 aliphatic rings. The van der Waals surface area contributed by atoms with Crippen molar-refractivity contribution in [3.05, 3.63) is 66.2 Å². The van der Waals surface area contributed by atoms with Crippen molar-refractivity contribution < 1.29 is 4.79 Å². The van der Waals surface area contributed by atoms with Crippen LogP contribution in [0.1, 0.15) is 23.7 Å². The summed E-state index contributed by atoms with van der Waals surface area (Å²) in [6.45, 7) is 6.12. The van der Waals surface area contributed by atoms with E-state index in [1.807, 2.05) is 24.3 Å². The maximum absolute atomic E-state index is 12.0. The van der Waals surface area contributed by atoms with Crippen molar-refractivity contribution in [1.29, 1.82) is 0 Å². The fourth-order valence-corrected chi connectivity index (χ4v) is 2.85. The molecule has 0 saturated heterocycles. The summed E-state index contributed by atoms with van der Waals surface area (Å²) in [5.74, 6) is 0.683. The highest BCUT2D eigenvalue weighted by molar-refractivity contribution is 5.94. The first-order chi connectivity index (χ1) is 13.7. The van der Waals surface area contributed by atoms with Gasteiger partial charge in [0.15, 0.2) is 5.96 Å². The third-order valence-electron chi connectivity index (χ3n) is 4.36. The van der Waals surface area contributed by atoms with E-state index in [1.54, 1.807) is 19.2 Å². The van der Waals surface area contributed by atoms with Crippen molar-refractivity contribution in [2.45, 2.75) is 13.3 Å². The predicted octanol–water partition coefficient (Wildman–Crippen LogP) is 2.50. The molecule has 2 aromatic rings. The zero-order valence-electron chi connectivity index (χ0n) is 16.8. The van der Waals surface area contributed by atoms with E-state index in [1.165, 1.54) is 5.69 Å². The lowest BCUT2D eigenvalue weighted by Crippen LogP contribution is -2.42. The lowest BCUT2D eigenvalue weighted by atomic mass is 10.2. The first-order valence-electron chi connectivity index (χ1n) is 9.82. The first-order valence-corrected chi connectivity index (χ1v) is 9.82. The van der Waals surface area contributed by atoms with Crippen LogP contribution in [0.25, 0.3) is 0 Å². The van der Waals surface area contributed by atoms with Crippen LogP contribution in [-0.2, 0) is 0 Å². The Morgan fingerprint density at radius 2 is 1.50 bits per heavy atom. The normalized spacial score (nSPS) is 11.0. The Labute approximate surface area is 168 Å². The minimum Gasteiger partial charge on any atom is -0.372 e. The van der Waals surface area contributed by atoms with Crippen LogP contribution in [0.5, 0.6) is 0 Å². The van der Waals surface area contributed by atoms with Gasteiger partial charge in [-0.2, -0.15) is 0 Å². The Morgan fingerprint density at radius 1 is 0.893 bits per heavy atom. The largest absolute Gasteiger partial charge is 0.372 e. The van der Waals surface area contributed by atoms with Gasteiger partial charge in [0.25, 0.3) is 5.91 Å². The number of aliphatic imine (C=N–C) groups is 1. The number of nitrogens with one attached hydrogen (secondary N) is 3. The molecule has 1 amide bonds. The van der Waals surface area contributed by atoms with Gasteiger partial charge in [-0.15, -0.1) is 0 Å². The molecule has 150 valence electrons. The molecule has 6 heteroatoms. The second-order valence-corrected chi connectivity index (χ2v) is 6.32. The number of guanidine groups is 1. The lowest BCUT2D eigenvalue weighted by Gasteiger charge is -2.23. The van der Waals surface area contributed by atoms with Gasteiger partial charge in [-0.05, 0) is 37.6 Å². The molecule has 28 heavy (non-hydrogen) atoms. The maximum atomic E-state index is 12.0. The minimum absolute atomic E-state index is 0.0640. The molecule has 0 aromatic heterocycles. The average Bonchev–Trinajstić information content (AvgIpc) is 2.76. The highest BCUT2D eigenvalue weighted by Gasteiger charge is 2.05. The second kappa shape index (κ2) is 12.4. The van der Waals surface area contributed by atoms with E-state index < -0.39 is 0 Å². The van der Waals surface area contributed by atoms with E-state index in [-0.39, 0.29) is 5.91 Å². The van der Waals surface area contributed by atoms with E-state index in [0.29, 0.717) is 18.7 Å². The lowest BCUT2D eigenvalue weighted by molar-refractivity contribution is 0.0954. The van der Waals surface area contributed by atoms with Crippen LogP contribution in [0.3, 0.4) is 0 Å². The van der Waals surface area contributed by atoms with Crippen LogP contribution >= 0.6 is 0 Å². The van der Waals surface area contributed by atoms with E-state index in [0.717, 1.165) is 32.0 Å². The van der Waals surface area contributed by atoms with Crippen molar-refractivity contribution in [3.63, 3.8) is 0 Å². The van der Waals surface area contributed by atoms with Gasteiger partial charge in [-0.3, -0.25) is 9.79 Å². The van der Waals surface area contributed by atoms with Crippen molar-refractivity contribution in [2.24, 2.45) is 4.99 Å². The highest BCUT2D eigenvalue weighted by Crippen LogP contribution is 2.12. The summed E-state index contributed by atoms with van der Waals surface area (Å²) in [5, 5.41) is 9.44. The molecule has 0 saturated carbocycles. The zero-order chi connectivity index (χ0) is 20.0. The fourth-order valence-electron chi connectivity index (χ4n) is 2.85. The number of benzene rings is 2. The van der Waals surface area contributed by atoms with Crippen molar-refractivity contribution in [1.82, 2.24) is 16.0 Å². The van der Waals surface area contributed by atoms with Gasteiger partial charge in [0.2, 0.25) is 0 Å². The van der Waals surface area contributed by atoms with Crippen LogP contribution in [0.15, 0.2) is 65.7 Å². The van der Waals surface area contributed by atoms with E-state index in [9.17, 15) is 4.79 Å². The van der Waals surface area contributed by atoms with Gasteiger partial charge in [-0.25, -0.2) is 0 Å². The summed E-state index contributed by atoms with van der Waals surface area (Å²) in [4.78, 5) is 18.6. The summed E-state index contributed by atoms with van der Waals surface area (Å²) in [5.41, 5.74) is 1.92. The molecule has 2 aromatic carbocycles. The van der Waals surface area contributed by atoms with E-state index in [4.69, 9.17) is 0 Å². The molecule has 2 rings (SSSR count). The number of carbonyl (C=O) groups is 1. The molecule has 0 atom stereocenters. The highest BCUT2D eigenvalue weighted by atomic mass is 16.1. The molecule has 3 N–H and O–H groups in total. The Balaban J connectivity index is 1.61. The number of carbonyl (C=O) groups excluding carboxylic acids is 1. The van der Waals surface area contributed by atoms with Gasteiger partial charge in [0.05, 0.1) is 0 Å². The Morgan fingerprint density at radius 3 is 2.14 bits per heavy atom. The molecule has 0 heterocycles. The molecule has 0 fully saturated rings. The van der Waals surface area contributed by atoms with Gasteiger partial charge in [0, 0.05) is 51.0 Å². The van der Waals surface area contributed by atoms with Crippen molar-refractivity contribution >= 4 is 17.6 Å². The Kier molecular flexibility index (Phi) is 9.41. The minimum atomic E-state index is -0.0640. The number of hydrogen-bond acceptors (Lipinski definition) is 3. The van der Waals surface area contributed by atoms with Gasteiger partial charge in [-0.1, -0.05) is 36.4 Å². The number of hydrogen-bond donors (Lipinski definition) is 3. The molecular formula is C22H31N5O. The summed E-state index contributed by atoms with van der Waals surface area (Å²) < 4.78 is 0. The monoisotopic (exact) mass is 381 g/mol. The maximum Gasteiger partial charge on any atom is 0.251 e. The SMILES string of the molecule is CCN(CCCNC(=NC)NCCNC(=O)c1ccccc1)c1ccccc1. The van der Waals surface area contributed by atoms with Crippen LogP contribution in [0, 0.1) is 0 Å². The Hall–Kier alpha value is -3.02. The smallest absolute Gasteiger partial charge is 0.251 e. The average molecular weight is 382 g/mol. The third kappa shape index (κ3) is 7.31. The van der Waals surface area contributed by atoms with Crippen LogP contribution in [0.4, 0.5) is 5.69 Å². The fraction of sp³-hybridized carbons (Fsp3) is 0.364. The Bertz CT molecular complexity index is 718.